The number of aromatic nitrogens is 2. The lowest BCUT2D eigenvalue weighted by molar-refractivity contribution is -0.139. The highest BCUT2D eigenvalue weighted by molar-refractivity contribution is 7.10. The molecule has 0 bridgehead atoms. The number of aromatic amines is 2. The normalized spacial score (nSPS) is 19.5. The van der Waals surface area contributed by atoms with E-state index in [1.165, 1.54) is 0 Å². The van der Waals surface area contributed by atoms with E-state index in [1.807, 2.05) is 17.5 Å². The molecule has 2 aromatic heterocycles. The molecule has 33 heavy (non-hydrogen) atoms. The highest BCUT2D eigenvalue weighted by atomic mass is 32.1. The average Bonchev–Trinajstić information content (AvgIpc) is 3.31. The molecule has 0 fully saturated rings. The number of allylic oxidation sites excluding steroid dienone is 2. The number of fused-ring (bicyclic) bond motifs is 1. The molecular formula is C23H19N3O6S. The maximum absolute atomic E-state index is 13.5. The van der Waals surface area contributed by atoms with Gasteiger partial charge in [0.1, 0.15) is 11.6 Å². The van der Waals surface area contributed by atoms with Crippen molar-refractivity contribution < 1.29 is 19.4 Å². The van der Waals surface area contributed by atoms with Gasteiger partial charge in [0.2, 0.25) is 0 Å². The maximum Gasteiger partial charge on any atom is 0.341 e. The first-order valence-electron chi connectivity index (χ1n) is 10.3. The molecule has 4 N–H and O–H groups in total. The van der Waals surface area contributed by atoms with Crippen LogP contribution in [0.25, 0.3) is 0 Å². The highest BCUT2D eigenvalue weighted by Gasteiger charge is 2.41. The number of rotatable bonds is 5. The van der Waals surface area contributed by atoms with E-state index >= 15 is 0 Å². The Labute approximate surface area is 190 Å². The van der Waals surface area contributed by atoms with Gasteiger partial charge in [-0.05, 0) is 23.9 Å². The minimum Gasteiger partial charge on any atom is -0.482 e. The van der Waals surface area contributed by atoms with Crippen LogP contribution in [0.4, 0.5) is 5.82 Å². The number of carbonyl (C=O) groups is 2. The van der Waals surface area contributed by atoms with Crippen LogP contribution in [0, 0.1) is 0 Å². The van der Waals surface area contributed by atoms with Gasteiger partial charge < -0.3 is 15.2 Å². The van der Waals surface area contributed by atoms with Crippen molar-refractivity contribution in [3.05, 3.63) is 89.9 Å². The van der Waals surface area contributed by atoms with Crippen molar-refractivity contribution in [2.75, 3.05) is 11.9 Å². The van der Waals surface area contributed by atoms with E-state index < -0.39 is 29.7 Å². The summed E-state index contributed by atoms with van der Waals surface area (Å²) in [5.41, 5.74) is 0.438. The molecule has 2 atom stereocenters. The minimum atomic E-state index is -1.15. The van der Waals surface area contributed by atoms with E-state index in [4.69, 9.17) is 9.84 Å². The number of hydrogen-bond donors (Lipinski definition) is 4. The van der Waals surface area contributed by atoms with Gasteiger partial charge in [-0.25, -0.2) is 9.59 Å². The van der Waals surface area contributed by atoms with Gasteiger partial charge in [-0.15, -0.1) is 11.3 Å². The zero-order valence-electron chi connectivity index (χ0n) is 17.2. The fraction of sp³-hybridized carbons (Fsp3) is 0.217. The predicted octanol–water partition coefficient (Wildman–Crippen LogP) is 2.55. The number of ether oxygens (including phenoxy) is 1. The summed E-state index contributed by atoms with van der Waals surface area (Å²) in [4.78, 5) is 55.4. The number of anilines is 1. The Balaban J connectivity index is 1.69. The molecule has 0 amide bonds. The van der Waals surface area contributed by atoms with Crippen LogP contribution in [0.1, 0.15) is 40.7 Å². The van der Waals surface area contributed by atoms with Crippen LogP contribution >= 0.6 is 11.3 Å². The van der Waals surface area contributed by atoms with E-state index in [0.717, 1.165) is 4.88 Å². The van der Waals surface area contributed by atoms with Crippen molar-refractivity contribution in [2.45, 2.75) is 24.7 Å². The number of H-pyrrole nitrogens is 2. The summed E-state index contributed by atoms with van der Waals surface area (Å²) in [6, 6.07) is 10.6. The number of Topliss-reactive ketones (excluding diaryl/α,β-unsaturated/α-hetero) is 1. The molecule has 1 aromatic carbocycles. The van der Waals surface area contributed by atoms with Crippen molar-refractivity contribution in [2.24, 2.45) is 0 Å². The summed E-state index contributed by atoms with van der Waals surface area (Å²) in [6.07, 6.45) is 0.816. The van der Waals surface area contributed by atoms with Gasteiger partial charge in [0, 0.05) is 34.0 Å². The van der Waals surface area contributed by atoms with Gasteiger partial charge in [0.05, 0.1) is 11.5 Å². The number of carbonyl (C=O) groups excluding carboxylic acids is 1. The summed E-state index contributed by atoms with van der Waals surface area (Å²) in [5, 5.41) is 14.2. The number of benzene rings is 1. The van der Waals surface area contributed by atoms with Gasteiger partial charge in [0.15, 0.2) is 12.4 Å². The molecule has 0 unspecified atom stereocenters. The molecule has 0 spiro atoms. The van der Waals surface area contributed by atoms with Crippen LogP contribution in [-0.2, 0) is 9.59 Å². The SMILES string of the molecule is O=C(O)COc1ccccc1[C@H]1C2=C(C[C@H](c3cccs3)CC2=O)Nc2[nH]c(=O)[nH]c(=O)c21. The van der Waals surface area contributed by atoms with Gasteiger partial charge >= 0.3 is 11.7 Å². The van der Waals surface area contributed by atoms with Crippen molar-refractivity contribution in [1.82, 2.24) is 9.97 Å². The van der Waals surface area contributed by atoms with Crippen molar-refractivity contribution in [3.63, 3.8) is 0 Å². The summed E-state index contributed by atoms with van der Waals surface area (Å²) in [7, 11) is 0. The van der Waals surface area contributed by atoms with Crippen molar-refractivity contribution in [1.29, 1.82) is 0 Å². The molecule has 1 aliphatic carbocycles. The Morgan fingerprint density at radius 1 is 1.09 bits per heavy atom. The summed E-state index contributed by atoms with van der Waals surface area (Å²) in [6.45, 7) is -0.572. The second-order valence-corrected chi connectivity index (χ2v) is 8.89. The zero-order chi connectivity index (χ0) is 23.1. The van der Waals surface area contributed by atoms with Crippen LogP contribution in [0.3, 0.4) is 0 Å². The molecule has 3 heterocycles. The van der Waals surface area contributed by atoms with Crippen LogP contribution in [0.15, 0.2) is 62.6 Å². The maximum atomic E-state index is 13.5. The zero-order valence-corrected chi connectivity index (χ0v) is 18.0. The average molecular weight is 465 g/mol. The van der Waals surface area contributed by atoms with E-state index in [0.29, 0.717) is 23.3 Å². The largest absolute Gasteiger partial charge is 0.482 e. The number of hydrogen-bond acceptors (Lipinski definition) is 7. The number of thiophene rings is 1. The van der Waals surface area contributed by atoms with Gasteiger partial charge in [0.25, 0.3) is 5.56 Å². The molecular weight excluding hydrogens is 446 g/mol. The lowest BCUT2D eigenvalue weighted by Crippen LogP contribution is -2.37. The molecule has 1 aliphatic heterocycles. The second-order valence-electron chi connectivity index (χ2n) is 7.91. The standard InChI is InChI=1S/C23H19N3O6S/c27-14-9-11(16-6-3-7-33-16)8-13-19(14)18(20-21(24-13)25-23(31)26-22(20)30)12-4-1-2-5-15(12)32-10-17(28)29/h1-7,11,18H,8-10H2,(H,28,29)(H3,24,25,26,30,31)/t11-,18-/m0/s1. The second kappa shape index (κ2) is 8.21. The number of carboxylic acid groups (broad SMARTS) is 1. The van der Waals surface area contributed by atoms with E-state index in [9.17, 15) is 19.2 Å². The van der Waals surface area contributed by atoms with Gasteiger partial charge in [-0.2, -0.15) is 0 Å². The van der Waals surface area contributed by atoms with Crippen molar-refractivity contribution >= 4 is 28.9 Å². The third-order valence-electron chi connectivity index (χ3n) is 5.87. The Hall–Kier alpha value is -3.92. The quantitative estimate of drug-likeness (QED) is 0.454. The number of para-hydroxylation sites is 1. The Morgan fingerprint density at radius 3 is 2.67 bits per heavy atom. The smallest absolute Gasteiger partial charge is 0.341 e. The van der Waals surface area contributed by atoms with E-state index in [2.05, 4.69) is 15.3 Å². The predicted molar refractivity (Wildman–Crippen MR) is 121 cm³/mol. The fourth-order valence-corrected chi connectivity index (χ4v) is 5.41. The molecule has 2 aliphatic rings. The molecule has 9 nitrogen and oxygen atoms in total. The summed E-state index contributed by atoms with van der Waals surface area (Å²) >= 11 is 1.58. The Kier molecular flexibility index (Phi) is 5.21. The summed E-state index contributed by atoms with van der Waals surface area (Å²) < 4.78 is 5.49. The topological polar surface area (TPSA) is 141 Å². The molecule has 3 aromatic rings. The van der Waals surface area contributed by atoms with Crippen LogP contribution in [0.2, 0.25) is 0 Å². The third-order valence-corrected chi connectivity index (χ3v) is 6.90. The molecule has 0 saturated carbocycles. The molecule has 168 valence electrons. The number of nitrogens with one attached hydrogen (secondary N) is 3. The summed E-state index contributed by atoms with van der Waals surface area (Å²) in [5.74, 6) is -1.62. The molecule has 0 saturated heterocycles. The molecule has 10 heteroatoms. The van der Waals surface area contributed by atoms with E-state index in [1.54, 1.807) is 35.6 Å². The number of carboxylic acids is 1. The van der Waals surface area contributed by atoms with Crippen molar-refractivity contribution in [3.8, 4) is 5.75 Å². The van der Waals surface area contributed by atoms with Crippen LogP contribution in [-0.4, -0.2) is 33.4 Å². The number of aliphatic carboxylic acids is 1. The van der Waals surface area contributed by atoms with E-state index in [-0.39, 0.29) is 35.3 Å². The molecule has 0 radical (unpaired) electrons. The number of ketones is 1. The third kappa shape index (κ3) is 3.78. The first kappa shape index (κ1) is 21.0. The fourth-order valence-electron chi connectivity index (χ4n) is 4.58. The first-order valence-corrected chi connectivity index (χ1v) is 11.2. The minimum absolute atomic E-state index is 0.0156. The lowest BCUT2D eigenvalue weighted by Gasteiger charge is -2.35. The van der Waals surface area contributed by atoms with Gasteiger partial charge in [-0.1, -0.05) is 24.3 Å². The van der Waals surface area contributed by atoms with Crippen LogP contribution < -0.4 is 21.3 Å². The molecule has 5 rings (SSSR count). The van der Waals surface area contributed by atoms with Gasteiger partial charge in [-0.3, -0.25) is 19.6 Å². The Morgan fingerprint density at radius 2 is 1.91 bits per heavy atom. The Bertz CT molecular complexity index is 1400. The monoisotopic (exact) mass is 465 g/mol. The van der Waals surface area contributed by atoms with Crippen LogP contribution in [0.5, 0.6) is 5.75 Å². The lowest BCUT2D eigenvalue weighted by atomic mass is 9.73. The first-order chi connectivity index (χ1) is 15.9. The highest BCUT2D eigenvalue weighted by Crippen LogP contribution is 2.48.